The minimum absolute atomic E-state index is 0.804. The van der Waals surface area contributed by atoms with Gasteiger partial charge in [0.05, 0.1) is 0 Å². The van der Waals surface area contributed by atoms with E-state index in [1.807, 2.05) is 0 Å². The van der Waals surface area contributed by atoms with Gasteiger partial charge in [-0.05, 0) is 31.2 Å². The van der Waals surface area contributed by atoms with E-state index >= 15 is 0 Å². The van der Waals surface area contributed by atoms with Gasteiger partial charge in [0.2, 0.25) is 0 Å². The van der Waals surface area contributed by atoms with E-state index in [9.17, 15) is 0 Å². The lowest BCUT2D eigenvalue weighted by Gasteiger charge is -2.03. The Bertz CT molecular complexity index is 230. The molecule has 0 unspecified atom stereocenters. The lowest BCUT2D eigenvalue weighted by Crippen LogP contribution is -1.96. The SMILES string of the molecule is [CH2]CCOCCCCCc1ccccc1. The van der Waals surface area contributed by atoms with E-state index in [4.69, 9.17) is 4.74 Å². The van der Waals surface area contributed by atoms with Crippen LogP contribution in [0.4, 0.5) is 0 Å². The minimum Gasteiger partial charge on any atom is -0.381 e. The third-order valence-corrected chi connectivity index (χ3v) is 2.39. The number of rotatable bonds is 8. The molecule has 1 aromatic rings. The lowest BCUT2D eigenvalue weighted by atomic mass is 10.1. The summed E-state index contributed by atoms with van der Waals surface area (Å²) >= 11 is 0. The van der Waals surface area contributed by atoms with Crippen LogP contribution in [-0.4, -0.2) is 13.2 Å². The Morgan fingerprint density at radius 2 is 1.73 bits per heavy atom. The zero-order valence-corrected chi connectivity index (χ0v) is 9.45. The monoisotopic (exact) mass is 205 g/mol. The van der Waals surface area contributed by atoms with Crippen LogP contribution in [0.15, 0.2) is 30.3 Å². The highest BCUT2D eigenvalue weighted by Gasteiger charge is 1.92. The second-order valence-corrected chi connectivity index (χ2v) is 3.76. The quantitative estimate of drug-likeness (QED) is 0.589. The van der Waals surface area contributed by atoms with Crippen molar-refractivity contribution in [3.8, 4) is 0 Å². The van der Waals surface area contributed by atoms with Crippen LogP contribution >= 0.6 is 0 Å². The van der Waals surface area contributed by atoms with E-state index in [0.717, 1.165) is 19.6 Å². The predicted molar refractivity (Wildman–Crippen MR) is 64.8 cm³/mol. The summed E-state index contributed by atoms with van der Waals surface area (Å²) < 4.78 is 5.37. The van der Waals surface area contributed by atoms with Gasteiger partial charge in [0.1, 0.15) is 0 Å². The maximum atomic E-state index is 5.37. The highest BCUT2D eigenvalue weighted by Crippen LogP contribution is 2.06. The molecule has 1 aromatic carbocycles. The molecular formula is C14H21O. The predicted octanol–water partition coefficient (Wildman–Crippen LogP) is 3.64. The van der Waals surface area contributed by atoms with Crippen LogP contribution in [0.1, 0.15) is 31.2 Å². The van der Waals surface area contributed by atoms with Gasteiger partial charge >= 0.3 is 0 Å². The molecule has 0 saturated heterocycles. The van der Waals surface area contributed by atoms with Gasteiger partial charge in [-0.3, -0.25) is 0 Å². The minimum atomic E-state index is 0.804. The molecule has 0 N–H and O–H groups in total. The lowest BCUT2D eigenvalue weighted by molar-refractivity contribution is 0.134. The van der Waals surface area contributed by atoms with Gasteiger partial charge in [-0.1, -0.05) is 43.7 Å². The number of unbranched alkanes of at least 4 members (excludes halogenated alkanes) is 2. The van der Waals surface area contributed by atoms with Crippen LogP contribution in [0, 0.1) is 6.92 Å². The molecule has 0 heterocycles. The van der Waals surface area contributed by atoms with E-state index < -0.39 is 0 Å². The fourth-order valence-corrected chi connectivity index (χ4v) is 1.56. The smallest absolute Gasteiger partial charge is 0.0466 e. The Kier molecular flexibility index (Phi) is 6.93. The van der Waals surface area contributed by atoms with Crippen molar-refractivity contribution in [2.75, 3.05) is 13.2 Å². The molecule has 83 valence electrons. The normalized spacial score (nSPS) is 10.5. The number of hydrogen-bond acceptors (Lipinski definition) is 1. The summed E-state index contributed by atoms with van der Waals surface area (Å²) in [7, 11) is 0. The van der Waals surface area contributed by atoms with Gasteiger partial charge in [0.15, 0.2) is 0 Å². The van der Waals surface area contributed by atoms with Crippen molar-refractivity contribution < 1.29 is 4.74 Å². The summed E-state index contributed by atoms with van der Waals surface area (Å²) in [4.78, 5) is 0. The third-order valence-electron chi connectivity index (χ3n) is 2.39. The Balaban J connectivity index is 1.93. The average Bonchev–Trinajstić information content (AvgIpc) is 2.29. The van der Waals surface area contributed by atoms with Gasteiger partial charge < -0.3 is 4.74 Å². The van der Waals surface area contributed by atoms with E-state index in [2.05, 4.69) is 37.3 Å². The first-order chi connectivity index (χ1) is 7.43. The molecular weight excluding hydrogens is 184 g/mol. The molecule has 0 saturated carbocycles. The van der Waals surface area contributed by atoms with Crippen LogP contribution in [-0.2, 0) is 11.2 Å². The molecule has 0 amide bonds. The Hall–Kier alpha value is -0.820. The number of ether oxygens (including phenoxy) is 1. The highest BCUT2D eigenvalue weighted by atomic mass is 16.5. The fraction of sp³-hybridized carbons (Fsp3) is 0.500. The first kappa shape index (κ1) is 12.3. The zero-order chi connectivity index (χ0) is 10.8. The standard InChI is InChI=1S/C14H21O/c1-2-12-15-13-8-4-7-11-14-9-5-3-6-10-14/h3,5-6,9-10H,1-2,4,7-8,11-13H2. The summed E-state index contributed by atoms with van der Waals surface area (Å²) in [6.07, 6.45) is 5.76. The van der Waals surface area contributed by atoms with Crippen LogP contribution in [0.5, 0.6) is 0 Å². The van der Waals surface area contributed by atoms with E-state index in [-0.39, 0.29) is 0 Å². The van der Waals surface area contributed by atoms with Crippen molar-refractivity contribution in [1.82, 2.24) is 0 Å². The molecule has 0 spiro atoms. The molecule has 0 aromatic heterocycles. The molecule has 15 heavy (non-hydrogen) atoms. The third kappa shape index (κ3) is 6.29. The molecule has 0 aliphatic heterocycles. The van der Waals surface area contributed by atoms with Crippen molar-refractivity contribution in [1.29, 1.82) is 0 Å². The number of hydrogen-bond donors (Lipinski definition) is 0. The van der Waals surface area contributed by atoms with Crippen molar-refractivity contribution in [2.24, 2.45) is 0 Å². The molecule has 1 rings (SSSR count). The van der Waals surface area contributed by atoms with Gasteiger partial charge in [-0.2, -0.15) is 0 Å². The van der Waals surface area contributed by atoms with E-state index in [1.54, 1.807) is 0 Å². The Morgan fingerprint density at radius 1 is 0.933 bits per heavy atom. The molecule has 0 fully saturated rings. The van der Waals surface area contributed by atoms with Gasteiger partial charge in [0.25, 0.3) is 0 Å². The zero-order valence-electron chi connectivity index (χ0n) is 9.45. The number of benzene rings is 1. The maximum Gasteiger partial charge on any atom is 0.0466 e. The summed E-state index contributed by atoms with van der Waals surface area (Å²) in [5, 5.41) is 0. The van der Waals surface area contributed by atoms with E-state index in [1.165, 1.54) is 31.2 Å². The largest absolute Gasteiger partial charge is 0.381 e. The van der Waals surface area contributed by atoms with Crippen LogP contribution in [0.25, 0.3) is 0 Å². The summed E-state index contributed by atoms with van der Waals surface area (Å²) in [6, 6.07) is 10.7. The van der Waals surface area contributed by atoms with Crippen molar-refractivity contribution in [2.45, 2.75) is 32.1 Å². The topological polar surface area (TPSA) is 9.23 Å². The van der Waals surface area contributed by atoms with Crippen LogP contribution in [0.3, 0.4) is 0 Å². The first-order valence-corrected chi connectivity index (χ1v) is 5.84. The maximum absolute atomic E-state index is 5.37. The molecule has 1 nitrogen and oxygen atoms in total. The average molecular weight is 205 g/mol. The molecule has 1 heteroatoms. The van der Waals surface area contributed by atoms with Gasteiger partial charge in [-0.15, -0.1) is 0 Å². The van der Waals surface area contributed by atoms with Crippen molar-refractivity contribution in [3.63, 3.8) is 0 Å². The molecule has 0 aliphatic rings. The summed E-state index contributed by atoms with van der Waals surface area (Å²) in [5.74, 6) is 0. The van der Waals surface area contributed by atoms with Gasteiger partial charge in [-0.25, -0.2) is 0 Å². The Labute approximate surface area is 93.5 Å². The van der Waals surface area contributed by atoms with Gasteiger partial charge in [0, 0.05) is 13.2 Å². The molecule has 0 bridgehead atoms. The van der Waals surface area contributed by atoms with Crippen molar-refractivity contribution in [3.05, 3.63) is 42.8 Å². The number of aryl methyl sites for hydroxylation is 1. The molecule has 0 aliphatic carbocycles. The molecule has 0 atom stereocenters. The second kappa shape index (κ2) is 8.49. The highest BCUT2D eigenvalue weighted by molar-refractivity contribution is 5.14. The van der Waals surface area contributed by atoms with Crippen LogP contribution < -0.4 is 0 Å². The molecule has 1 radical (unpaired) electrons. The van der Waals surface area contributed by atoms with E-state index in [0.29, 0.717) is 0 Å². The summed E-state index contributed by atoms with van der Waals surface area (Å²) in [6.45, 7) is 5.43. The summed E-state index contributed by atoms with van der Waals surface area (Å²) in [5.41, 5.74) is 1.44. The fourth-order valence-electron chi connectivity index (χ4n) is 1.56. The second-order valence-electron chi connectivity index (χ2n) is 3.76. The Morgan fingerprint density at radius 3 is 2.47 bits per heavy atom. The van der Waals surface area contributed by atoms with Crippen molar-refractivity contribution >= 4 is 0 Å². The first-order valence-electron chi connectivity index (χ1n) is 5.84. The van der Waals surface area contributed by atoms with Crippen LogP contribution in [0.2, 0.25) is 0 Å².